The fraction of sp³-hybridized carbons (Fsp3) is 0.211. The van der Waals surface area contributed by atoms with E-state index in [1.165, 1.54) is 11.8 Å². The zero-order valence-electron chi connectivity index (χ0n) is 14.7. The lowest BCUT2D eigenvalue weighted by Gasteiger charge is -2.11. The van der Waals surface area contributed by atoms with Crippen LogP contribution in [0.2, 0.25) is 0 Å². The molecule has 3 rings (SSSR count). The Bertz CT molecular complexity index is 936. The minimum atomic E-state index is -0.163. The summed E-state index contributed by atoms with van der Waals surface area (Å²) in [5.41, 5.74) is 4.30. The summed E-state index contributed by atoms with van der Waals surface area (Å²) in [7, 11) is 0. The number of nitrogens with one attached hydrogen (secondary N) is 1. The number of pyridine rings is 1. The van der Waals surface area contributed by atoms with Crippen LogP contribution in [0.15, 0.2) is 46.1 Å². The number of thioether (sulfide) groups is 1. The van der Waals surface area contributed by atoms with Crippen LogP contribution in [0.3, 0.4) is 0 Å². The fourth-order valence-electron chi connectivity index (χ4n) is 2.48. The highest BCUT2D eigenvalue weighted by molar-refractivity contribution is 14.1. The third-order valence-corrected chi connectivity index (χ3v) is 5.69. The lowest BCUT2D eigenvalue weighted by Crippen LogP contribution is -2.14. The van der Waals surface area contributed by atoms with Crippen molar-refractivity contribution in [2.24, 2.45) is 0 Å². The van der Waals surface area contributed by atoms with E-state index in [9.17, 15) is 4.79 Å². The van der Waals surface area contributed by atoms with Crippen LogP contribution in [0.4, 0.5) is 5.69 Å². The summed E-state index contributed by atoms with van der Waals surface area (Å²) in [6.45, 7) is 5.79. The van der Waals surface area contributed by atoms with E-state index in [1.54, 1.807) is 18.3 Å². The number of aryl methyl sites for hydroxylation is 3. The van der Waals surface area contributed by atoms with Crippen LogP contribution in [0.5, 0.6) is 0 Å². The summed E-state index contributed by atoms with van der Waals surface area (Å²) in [5, 5.41) is 7.64. The maximum Gasteiger partial charge on any atom is 0.258 e. The Labute approximate surface area is 170 Å². The van der Waals surface area contributed by atoms with Crippen molar-refractivity contribution in [3.05, 3.63) is 68.2 Å². The largest absolute Gasteiger partial charge is 0.361 e. The average Bonchev–Trinajstić information content (AvgIpc) is 2.94. The third kappa shape index (κ3) is 4.27. The first-order chi connectivity index (χ1) is 12.5. The molecule has 0 radical (unpaired) electrons. The Morgan fingerprint density at radius 2 is 2.08 bits per heavy atom. The molecule has 2 aromatic heterocycles. The second-order valence-electron chi connectivity index (χ2n) is 5.86. The Hall–Kier alpha value is -1.87. The van der Waals surface area contributed by atoms with Crippen LogP contribution >= 0.6 is 34.4 Å². The normalized spacial score (nSPS) is 10.8. The number of halogens is 1. The molecule has 0 aliphatic rings. The van der Waals surface area contributed by atoms with Crippen LogP contribution in [0.25, 0.3) is 0 Å². The van der Waals surface area contributed by atoms with Gasteiger partial charge in [0.05, 0.1) is 11.3 Å². The van der Waals surface area contributed by atoms with E-state index in [1.807, 2.05) is 39.0 Å². The number of carbonyl (C=O) groups excluding carboxylic acids is 1. The summed E-state index contributed by atoms with van der Waals surface area (Å²) in [6, 6.07) is 9.49. The number of benzene rings is 1. The molecule has 0 spiro atoms. The first-order valence-corrected chi connectivity index (χ1v) is 10.1. The van der Waals surface area contributed by atoms with Gasteiger partial charge in [0.15, 0.2) is 0 Å². The molecule has 0 fully saturated rings. The summed E-state index contributed by atoms with van der Waals surface area (Å²) < 4.78 is 6.33. The van der Waals surface area contributed by atoms with Crippen LogP contribution in [-0.4, -0.2) is 16.0 Å². The van der Waals surface area contributed by atoms with Gasteiger partial charge >= 0.3 is 0 Å². The topological polar surface area (TPSA) is 68.0 Å². The molecule has 5 nitrogen and oxygen atoms in total. The van der Waals surface area contributed by atoms with Crippen molar-refractivity contribution >= 4 is 45.9 Å². The molecular weight excluding hydrogens is 461 g/mol. The lowest BCUT2D eigenvalue weighted by molar-refractivity contribution is 0.102. The lowest BCUT2D eigenvalue weighted by atomic mass is 10.2. The van der Waals surface area contributed by atoms with Gasteiger partial charge in [-0.2, -0.15) is 0 Å². The number of amides is 1. The van der Waals surface area contributed by atoms with Crippen molar-refractivity contribution < 1.29 is 9.32 Å². The average molecular weight is 479 g/mol. The van der Waals surface area contributed by atoms with Crippen LogP contribution in [0, 0.1) is 24.3 Å². The summed E-state index contributed by atoms with van der Waals surface area (Å²) >= 11 is 3.76. The second kappa shape index (κ2) is 8.22. The standard InChI is InChI=1S/C19H18IN3O2S/c1-11-9-14(20)6-7-17(11)22-18(24)15-5-4-8-21-19(15)26-10-16-12(2)23-25-13(16)3/h4-9H,10H2,1-3H3,(H,22,24). The molecular formula is C19H18IN3O2S. The van der Waals surface area contributed by atoms with Crippen LogP contribution in [0.1, 0.15) is 32.9 Å². The van der Waals surface area contributed by atoms with Gasteiger partial charge in [0.25, 0.3) is 5.91 Å². The van der Waals surface area contributed by atoms with E-state index in [0.29, 0.717) is 16.3 Å². The minimum absolute atomic E-state index is 0.163. The molecule has 0 atom stereocenters. The Kier molecular flexibility index (Phi) is 5.98. The van der Waals surface area contributed by atoms with Crippen molar-refractivity contribution in [2.75, 3.05) is 5.32 Å². The molecule has 3 aromatic rings. The summed E-state index contributed by atoms with van der Waals surface area (Å²) in [5.74, 6) is 1.29. The Morgan fingerprint density at radius 1 is 1.27 bits per heavy atom. The number of hydrogen-bond donors (Lipinski definition) is 1. The minimum Gasteiger partial charge on any atom is -0.361 e. The maximum absolute atomic E-state index is 12.8. The molecule has 0 aliphatic heterocycles. The maximum atomic E-state index is 12.8. The number of rotatable bonds is 5. The van der Waals surface area contributed by atoms with Crippen molar-refractivity contribution in [3.63, 3.8) is 0 Å². The van der Waals surface area contributed by atoms with Gasteiger partial charge in [-0.25, -0.2) is 4.98 Å². The van der Waals surface area contributed by atoms with Crippen LogP contribution in [-0.2, 0) is 5.75 Å². The van der Waals surface area contributed by atoms with Gasteiger partial charge in [0, 0.05) is 26.8 Å². The highest BCUT2D eigenvalue weighted by atomic mass is 127. The van der Waals surface area contributed by atoms with Gasteiger partial charge in [-0.15, -0.1) is 11.8 Å². The van der Waals surface area contributed by atoms with E-state index >= 15 is 0 Å². The number of anilines is 1. The SMILES string of the molecule is Cc1cc(I)ccc1NC(=O)c1cccnc1SCc1c(C)noc1C. The first kappa shape index (κ1) is 18.9. The quantitative estimate of drug-likeness (QED) is 0.405. The highest BCUT2D eigenvalue weighted by Gasteiger charge is 2.16. The molecule has 0 bridgehead atoms. The van der Waals surface area contributed by atoms with Crippen molar-refractivity contribution in [1.29, 1.82) is 0 Å². The molecule has 0 unspecified atom stereocenters. The van der Waals surface area contributed by atoms with E-state index in [0.717, 1.165) is 31.8 Å². The van der Waals surface area contributed by atoms with E-state index in [4.69, 9.17) is 4.52 Å². The Balaban J connectivity index is 1.79. The number of carbonyl (C=O) groups is 1. The fourth-order valence-corrected chi connectivity index (χ4v) is 4.28. The molecule has 26 heavy (non-hydrogen) atoms. The highest BCUT2D eigenvalue weighted by Crippen LogP contribution is 2.28. The van der Waals surface area contributed by atoms with Gasteiger partial charge in [0.2, 0.25) is 0 Å². The molecule has 7 heteroatoms. The molecule has 1 aromatic carbocycles. The third-order valence-electron chi connectivity index (χ3n) is 3.99. The smallest absolute Gasteiger partial charge is 0.258 e. The zero-order chi connectivity index (χ0) is 18.7. The molecule has 0 saturated carbocycles. The predicted molar refractivity (Wildman–Crippen MR) is 112 cm³/mol. The second-order valence-corrected chi connectivity index (χ2v) is 8.07. The van der Waals surface area contributed by atoms with E-state index in [-0.39, 0.29) is 5.91 Å². The number of hydrogen-bond acceptors (Lipinski definition) is 5. The summed E-state index contributed by atoms with van der Waals surface area (Å²) in [6.07, 6.45) is 1.70. The molecule has 1 N–H and O–H groups in total. The van der Waals surface area contributed by atoms with Gasteiger partial charge in [-0.1, -0.05) is 5.16 Å². The van der Waals surface area contributed by atoms with Gasteiger partial charge in [-0.05, 0) is 79.3 Å². The van der Waals surface area contributed by atoms with E-state index in [2.05, 4.69) is 38.0 Å². The first-order valence-electron chi connectivity index (χ1n) is 8.02. The van der Waals surface area contributed by atoms with E-state index < -0.39 is 0 Å². The molecule has 1 amide bonds. The zero-order valence-corrected chi connectivity index (χ0v) is 17.6. The van der Waals surface area contributed by atoms with Gasteiger partial charge < -0.3 is 9.84 Å². The molecule has 0 saturated heterocycles. The number of nitrogens with zero attached hydrogens (tertiary/aromatic N) is 2. The molecule has 0 aliphatic carbocycles. The monoisotopic (exact) mass is 479 g/mol. The predicted octanol–water partition coefficient (Wildman–Crippen LogP) is 5.14. The van der Waals surface area contributed by atoms with Crippen molar-refractivity contribution in [3.8, 4) is 0 Å². The van der Waals surface area contributed by atoms with Gasteiger partial charge in [0.1, 0.15) is 10.8 Å². The number of aromatic nitrogens is 2. The van der Waals surface area contributed by atoms with Gasteiger partial charge in [-0.3, -0.25) is 4.79 Å². The van der Waals surface area contributed by atoms with Crippen molar-refractivity contribution in [1.82, 2.24) is 10.1 Å². The molecule has 2 heterocycles. The molecule has 134 valence electrons. The van der Waals surface area contributed by atoms with Crippen molar-refractivity contribution in [2.45, 2.75) is 31.6 Å². The summed E-state index contributed by atoms with van der Waals surface area (Å²) in [4.78, 5) is 17.2. The van der Waals surface area contributed by atoms with Crippen LogP contribution < -0.4 is 5.32 Å². The Morgan fingerprint density at radius 3 is 2.77 bits per heavy atom.